The summed E-state index contributed by atoms with van der Waals surface area (Å²) in [4.78, 5) is 5.06. The van der Waals surface area contributed by atoms with E-state index in [1.165, 1.54) is 56.2 Å². The molecule has 3 rings (SSSR count). The fourth-order valence-electron chi connectivity index (χ4n) is 3.94. The number of nitrogens with zero attached hydrogens (tertiary/aromatic N) is 1. The number of halogens is 1. The summed E-state index contributed by atoms with van der Waals surface area (Å²) in [6, 6.07) is 11.7. The van der Waals surface area contributed by atoms with Crippen LogP contribution >= 0.6 is 24.0 Å². The van der Waals surface area contributed by atoms with Crippen LogP contribution in [0.15, 0.2) is 35.3 Å². The third-order valence-corrected chi connectivity index (χ3v) is 4.87. The van der Waals surface area contributed by atoms with Crippen LogP contribution in [0, 0.1) is 0 Å². The highest BCUT2D eigenvalue weighted by Crippen LogP contribution is 2.46. The fourth-order valence-corrected chi connectivity index (χ4v) is 3.94. The van der Waals surface area contributed by atoms with Gasteiger partial charge >= 0.3 is 0 Å². The van der Waals surface area contributed by atoms with Crippen LogP contribution in [0.3, 0.4) is 0 Å². The van der Waals surface area contributed by atoms with Gasteiger partial charge in [-0.1, -0.05) is 43.2 Å². The van der Waals surface area contributed by atoms with Crippen LogP contribution in [0.25, 0.3) is 0 Å². The summed E-state index contributed by atoms with van der Waals surface area (Å²) in [5.74, 6) is 0. The van der Waals surface area contributed by atoms with Crippen molar-refractivity contribution in [3.05, 3.63) is 35.9 Å². The van der Waals surface area contributed by atoms with E-state index in [-0.39, 0.29) is 24.0 Å². The zero-order chi connectivity index (χ0) is 12.4. The van der Waals surface area contributed by atoms with Crippen molar-refractivity contribution in [3.8, 4) is 0 Å². The number of benzene rings is 1. The third kappa shape index (κ3) is 2.88. The first-order chi connectivity index (χ1) is 8.81. The van der Waals surface area contributed by atoms with E-state index in [1.807, 2.05) is 0 Å². The van der Waals surface area contributed by atoms with Crippen molar-refractivity contribution in [1.82, 2.24) is 0 Å². The minimum absolute atomic E-state index is 0. The van der Waals surface area contributed by atoms with Gasteiger partial charge in [-0.05, 0) is 44.6 Å². The highest BCUT2D eigenvalue weighted by atomic mass is 127. The maximum Gasteiger partial charge on any atom is 0.0595 e. The van der Waals surface area contributed by atoms with Crippen LogP contribution in [0.4, 0.5) is 0 Å². The molecule has 0 spiro atoms. The smallest absolute Gasteiger partial charge is 0.0595 e. The zero-order valence-corrected chi connectivity index (χ0v) is 14.1. The molecule has 2 heteroatoms. The third-order valence-electron chi connectivity index (χ3n) is 4.87. The van der Waals surface area contributed by atoms with Gasteiger partial charge in [0.15, 0.2) is 0 Å². The molecule has 0 amide bonds. The average Bonchev–Trinajstić information content (AvgIpc) is 2.58. The molecule has 1 aromatic rings. The van der Waals surface area contributed by atoms with Gasteiger partial charge in [0.2, 0.25) is 0 Å². The second kappa shape index (κ2) is 6.38. The summed E-state index contributed by atoms with van der Waals surface area (Å²) >= 11 is 0. The summed E-state index contributed by atoms with van der Waals surface area (Å²) in [6.07, 6.45) is 9.18. The zero-order valence-electron chi connectivity index (χ0n) is 11.8. The SMILES string of the molecule is CC1=N[C@@H]2CCCC[C@@]2(c2ccccc2)CCC1.I. The van der Waals surface area contributed by atoms with Crippen LogP contribution in [0.2, 0.25) is 0 Å². The summed E-state index contributed by atoms with van der Waals surface area (Å²) in [7, 11) is 0. The summed E-state index contributed by atoms with van der Waals surface area (Å²) in [5.41, 5.74) is 3.25. The minimum Gasteiger partial charge on any atom is -0.290 e. The van der Waals surface area contributed by atoms with Gasteiger partial charge in [-0.3, -0.25) is 4.99 Å². The second-order valence-electron chi connectivity index (χ2n) is 6.00. The molecular formula is C17H24IN. The Morgan fingerprint density at radius 3 is 2.58 bits per heavy atom. The maximum atomic E-state index is 5.06. The Morgan fingerprint density at radius 2 is 1.79 bits per heavy atom. The molecule has 104 valence electrons. The summed E-state index contributed by atoms with van der Waals surface area (Å²) in [6.45, 7) is 2.22. The van der Waals surface area contributed by atoms with Gasteiger partial charge in [0, 0.05) is 11.1 Å². The lowest BCUT2D eigenvalue weighted by molar-refractivity contribution is 0.236. The van der Waals surface area contributed by atoms with E-state index in [0.29, 0.717) is 11.5 Å². The molecule has 1 aromatic carbocycles. The Hall–Kier alpha value is -0.380. The molecule has 1 fully saturated rings. The van der Waals surface area contributed by atoms with Gasteiger partial charge in [-0.25, -0.2) is 0 Å². The first kappa shape index (κ1) is 15.0. The lowest BCUT2D eigenvalue weighted by Crippen LogP contribution is -2.40. The van der Waals surface area contributed by atoms with Crippen molar-refractivity contribution in [2.24, 2.45) is 4.99 Å². The molecule has 1 nitrogen and oxygen atoms in total. The topological polar surface area (TPSA) is 12.4 Å². The van der Waals surface area contributed by atoms with E-state index in [1.54, 1.807) is 0 Å². The molecule has 1 saturated carbocycles. The summed E-state index contributed by atoms with van der Waals surface area (Å²) in [5, 5.41) is 0. The highest BCUT2D eigenvalue weighted by Gasteiger charge is 2.42. The molecule has 0 aromatic heterocycles. The van der Waals surface area contributed by atoms with Crippen molar-refractivity contribution in [1.29, 1.82) is 0 Å². The number of hydrogen-bond donors (Lipinski definition) is 0. The molecule has 1 aliphatic carbocycles. The lowest BCUT2D eigenvalue weighted by Gasteiger charge is -2.42. The first-order valence-corrected chi connectivity index (χ1v) is 7.40. The standard InChI is InChI=1S/C17H23N.HI/c1-14-8-7-13-17(15-9-3-2-4-10-15)12-6-5-11-16(17)18-14;/h2-4,9-10,16H,5-8,11-13H2,1H3;1H/t16-,17+;/m1./s1. The van der Waals surface area contributed by atoms with E-state index >= 15 is 0 Å². The Labute approximate surface area is 133 Å². The first-order valence-electron chi connectivity index (χ1n) is 7.40. The largest absolute Gasteiger partial charge is 0.290 e. The van der Waals surface area contributed by atoms with Crippen molar-refractivity contribution < 1.29 is 0 Å². The Kier molecular flexibility index (Phi) is 5.04. The molecule has 2 aliphatic rings. The van der Waals surface area contributed by atoms with Gasteiger partial charge in [0.05, 0.1) is 6.04 Å². The normalized spacial score (nSPS) is 30.6. The van der Waals surface area contributed by atoms with E-state index in [0.717, 1.165) is 0 Å². The molecule has 1 heterocycles. The molecular weight excluding hydrogens is 345 g/mol. The van der Waals surface area contributed by atoms with Crippen molar-refractivity contribution >= 4 is 29.7 Å². The molecule has 0 saturated heterocycles. The van der Waals surface area contributed by atoms with E-state index in [2.05, 4.69) is 37.3 Å². The predicted octanol–water partition coefficient (Wildman–Crippen LogP) is 5.13. The van der Waals surface area contributed by atoms with Crippen molar-refractivity contribution in [3.63, 3.8) is 0 Å². The van der Waals surface area contributed by atoms with Crippen LogP contribution in [-0.4, -0.2) is 11.8 Å². The van der Waals surface area contributed by atoms with E-state index in [9.17, 15) is 0 Å². The van der Waals surface area contributed by atoms with Gasteiger partial charge in [0.1, 0.15) is 0 Å². The van der Waals surface area contributed by atoms with E-state index in [4.69, 9.17) is 4.99 Å². The molecule has 19 heavy (non-hydrogen) atoms. The number of fused-ring (bicyclic) bond motifs is 1. The highest BCUT2D eigenvalue weighted by molar-refractivity contribution is 14.0. The number of aliphatic imine (C=N–C) groups is 1. The second-order valence-corrected chi connectivity index (χ2v) is 6.00. The van der Waals surface area contributed by atoms with Gasteiger partial charge in [0.25, 0.3) is 0 Å². The summed E-state index contributed by atoms with van der Waals surface area (Å²) < 4.78 is 0. The molecule has 1 aliphatic heterocycles. The Morgan fingerprint density at radius 1 is 1.05 bits per heavy atom. The maximum absolute atomic E-state index is 5.06. The van der Waals surface area contributed by atoms with Gasteiger partial charge in [-0.2, -0.15) is 0 Å². The molecule has 0 unspecified atom stereocenters. The predicted molar refractivity (Wildman–Crippen MR) is 92.8 cm³/mol. The Bertz CT molecular complexity index is 440. The lowest BCUT2D eigenvalue weighted by atomic mass is 9.64. The fraction of sp³-hybridized carbons (Fsp3) is 0.588. The quantitative estimate of drug-likeness (QED) is 0.609. The van der Waals surface area contributed by atoms with Gasteiger partial charge < -0.3 is 0 Å². The molecule has 2 atom stereocenters. The van der Waals surface area contributed by atoms with Crippen LogP contribution in [0.1, 0.15) is 57.4 Å². The van der Waals surface area contributed by atoms with Crippen LogP contribution in [0.5, 0.6) is 0 Å². The van der Waals surface area contributed by atoms with E-state index < -0.39 is 0 Å². The number of rotatable bonds is 1. The minimum atomic E-state index is 0. The van der Waals surface area contributed by atoms with Crippen LogP contribution < -0.4 is 0 Å². The monoisotopic (exact) mass is 369 g/mol. The van der Waals surface area contributed by atoms with Crippen LogP contribution in [-0.2, 0) is 5.41 Å². The molecule has 0 radical (unpaired) electrons. The molecule has 0 bridgehead atoms. The number of hydrogen-bond acceptors (Lipinski definition) is 1. The Balaban J connectivity index is 0.00000133. The van der Waals surface area contributed by atoms with Crippen molar-refractivity contribution in [2.45, 2.75) is 63.3 Å². The average molecular weight is 369 g/mol. The molecule has 0 N–H and O–H groups in total. The van der Waals surface area contributed by atoms with Gasteiger partial charge in [-0.15, -0.1) is 24.0 Å². The van der Waals surface area contributed by atoms with Crippen molar-refractivity contribution in [2.75, 3.05) is 0 Å².